The van der Waals surface area contributed by atoms with Crippen LogP contribution in [0, 0.1) is 5.92 Å². The molecule has 1 aromatic rings. The SMILES string of the molecule is O=C(CNC(=O)N[C@@H]1CCC[C@H](C(F)(F)F)C1)Nc1cccnc1. The highest BCUT2D eigenvalue weighted by Crippen LogP contribution is 2.37. The molecular weight excluding hydrogens is 325 g/mol. The Morgan fingerprint density at radius 3 is 2.75 bits per heavy atom. The third kappa shape index (κ3) is 5.71. The second-order valence-corrected chi connectivity index (χ2v) is 5.72. The van der Waals surface area contributed by atoms with Crippen LogP contribution < -0.4 is 16.0 Å². The summed E-state index contributed by atoms with van der Waals surface area (Å²) in [4.78, 5) is 27.2. The van der Waals surface area contributed by atoms with Crippen molar-refractivity contribution in [3.8, 4) is 0 Å². The molecule has 0 radical (unpaired) electrons. The molecule has 6 nitrogen and oxygen atoms in total. The number of hydrogen-bond acceptors (Lipinski definition) is 3. The standard InChI is InChI=1S/C15H19F3N4O2/c16-15(17,18)10-3-1-4-11(7-10)22-14(24)20-9-13(23)21-12-5-2-6-19-8-12/h2,5-6,8,10-11H,1,3-4,7,9H2,(H,21,23)(H2,20,22,24)/t10-,11+/m0/s1. The van der Waals surface area contributed by atoms with E-state index in [4.69, 9.17) is 0 Å². The Bertz CT molecular complexity index is 566. The number of hydrogen-bond donors (Lipinski definition) is 3. The Morgan fingerprint density at radius 1 is 1.29 bits per heavy atom. The lowest BCUT2D eigenvalue weighted by atomic mass is 9.85. The van der Waals surface area contributed by atoms with Crippen molar-refractivity contribution in [2.24, 2.45) is 5.92 Å². The van der Waals surface area contributed by atoms with Crippen molar-refractivity contribution in [3.63, 3.8) is 0 Å². The van der Waals surface area contributed by atoms with E-state index in [9.17, 15) is 22.8 Å². The van der Waals surface area contributed by atoms with Crippen LogP contribution in [0.4, 0.5) is 23.7 Å². The van der Waals surface area contributed by atoms with Crippen LogP contribution in [0.1, 0.15) is 25.7 Å². The van der Waals surface area contributed by atoms with E-state index in [1.54, 1.807) is 18.3 Å². The molecule has 3 N–H and O–H groups in total. The zero-order valence-corrected chi connectivity index (χ0v) is 12.9. The van der Waals surface area contributed by atoms with Crippen LogP contribution in [0.2, 0.25) is 0 Å². The van der Waals surface area contributed by atoms with E-state index in [1.807, 2.05) is 0 Å². The summed E-state index contributed by atoms with van der Waals surface area (Å²) < 4.78 is 38.2. The van der Waals surface area contributed by atoms with Crippen molar-refractivity contribution >= 4 is 17.6 Å². The molecular formula is C15H19F3N4O2. The van der Waals surface area contributed by atoms with E-state index >= 15 is 0 Å². The maximum absolute atomic E-state index is 12.7. The number of aromatic nitrogens is 1. The van der Waals surface area contributed by atoms with Crippen LogP contribution in [-0.2, 0) is 4.79 Å². The maximum atomic E-state index is 12.7. The van der Waals surface area contributed by atoms with E-state index < -0.39 is 30.1 Å². The Hall–Kier alpha value is -2.32. The van der Waals surface area contributed by atoms with E-state index in [0.29, 0.717) is 18.5 Å². The summed E-state index contributed by atoms with van der Waals surface area (Å²) in [6.07, 6.45) is -0.342. The van der Waals surface area contributed by atoms with E-state index in [2.05, 4.69) is 20.9 Å². The number of amides is 3. The number of nitrogens with zero attached hydrogens (tertiary/aromatic N) is 1. The molecule has 2 atom stereocenters. The Labute approximate surface area is 137 Å². The molecule has 1 aromatic heterocycles. The molecule has 0 bridgehead atoms. The van der Waals surface area contributed by atoms with Gasteiger partial charge in [-0.15, -0.1) is 0 Å². The molecule has 3 amide bonds. The van der Waals surface area contributed by atoms with Gasteiger partial charge in [-0.3, -0.25) is 9.78 Å². The Kier molecular flexibility index (Phi) is 5.99. The summed E-state index contributed by atoms with van der Waals surface area (Å²) in [5, 5.41) is 7.37. The monoisotopic (exact) mass is 344 g/mol. The van der Waals surface area contributed by atoms with Crippen molar-refractivity contribution in [1.29, 1.82) is 0 Å². The lowest BCUT2D eigenvalue weighted by Crippen LogP contribution is -2.47. The van der Waals surface area contributed by atoms with Gasteiger partial charge in [0, 0.05) is 12.2 Å². The highest BCUT2D eigenvalue weighted by Gasteiger charge is 2.42. The number of pyridine rings is 1. The van der Waals surface area contributed by atoms with Gasteiger partial charge in [0.05, 0.1) is 24.3 Å². The summed E-state index contributed by atoms with van der Waals surface area (Å²) in [5.74, 6) is -1.83. The molecule has 0 unspecified atom stereocenters. The molecule has 9 heteroatoms. The fourth-order valence-electron chi connectivity index (χ4n) is 2.66. The van der Waals surface area contributed by atoms with Crippen LogP contribution in [0.15, 0.2) is 24.5 Å². The van der Waals surface area contributed by atoms with Gasteiger partial charge >= 0.3 is 12.2 Å². The fourth-order valence-corrected chi connectivity index (χ4v) is 2.66. The summed E-state index contributed by atoms with van der Waals surface area (Å²) >= 11 is 0. The lowest BCUT2D eigenvalue weighted by Gasteiger charge is -2.30. The summed E-state index contributed by atoms with van der Waals surface area (Å²) in [5.41, 5.74) is 0.491. The van der Waals surface area contributed by atoms with Crippen LogP contribution in [0.3, 0.4) is 0 Å². The second-order valence-electron chi connectivity index (χ2n) is 5.72. The fraction of sp³-hybridized carbons (Fsp3) is 0.533. The predicted molar refractivity (Wildman–Crippen MR) is 81.2 cm³/mol. The van der Waals surface area contributed by atoms with Gasteiger partial charge in [-0.05, 0) is 31.4 Å². The molecule has 1 aliphatic rings. The number of carbonyl (C=O) groups is 2. The van der Waals surface area contributed by atoms with Crippen molar-refractivity contribution in [3.05, 3.63) is 24.5 Å². The Morgan fingerprint density at radius 2 is 2.08 bits per heavy atom. The number of rotatable bonds is 4. The highest BCUT2D eigenvalue weighted by molar-refractivity contribution is 5.94. The number of urea groups is 1. The van der Waals surface area contributed by atoms with Crippen molar-refractivity contribution in [2.45, 2.75) is 37.9 Å². The van der Waals surface area contributed by atoms with Crippen LogP contribution >= 0.6 is 0 Å². The van der Waals surface area contributed by atoms with Crippen molar-refractivity contribution in [1.82, 2.24) is 15.6 Å². The van der Waals surface area contributed by atoms with Gasteiger partial charge in [-0.25, -0.2) is 4.79 Å². The first-order chi connectivity index (χ1) is 11.3. The quantitative estimate of drug-likeness (QED) is 0.784. The molecule has 1 heterocycles. The van der Waals surface area contributed by atoms with Gasteiger partial charge in [0.1, 0.15) is 0 Å². The summed E-state index contributed by atoms with van der Waals surface area (Å²) in [6, 6.07) is 2.11. The third-order valence-corrected chi connectivity index (χ3v) is 3.83. The van der Waals surface area contributed by atoms with Gasteiger partial charge in [0.15, 0.2) is 0 Å². The van der Waals surface area contributed by atoms with Crippen molar-refractivity contribution < 1.29 is 22.8 Å². The largest absolute Gasteiger partial charge is 0.391 e. The van der Waals surface area contributed by atoms with Crippen LogP contribution in [0.5, 0.6) is 0 Å². The van der Waals surface area contributed by atoms with E-state index in [1.165, 1.54) is 6.20 Å². The lowest BCUT2D eigenvalue weighted by molar-refractivity contribution is -0.183. The average molecular weight is 344 g/mol. The van der Waals surface area contributed by atoms with E-state index in [0.717, 1.165) is 0 Å². The van der Waals surface area contributed by atoms with Crippen LogP contribution in [0.25, 0.3) is 0 Å². The van der Waals surface area contributed by atoms with Gasteiger partial charge < -0.3 is 16.0 Å². The van der Waals surface area contributed by atoms with Crippen molar-refractivity contribution in [2.75, 3.05) is 11.9 Å². The first kappa shape index (κ1) is 18.0. The predicted octanol–water partition coefficient (Wildman–Crippen LogP) is 2.44. The van der Waals surface area contributed by atoms with E-state index in [-0.39, 0.29) is 19.4 Å². The van der Waals surface area contributed by atoms with Gasteiger partial charge in [0.2, 0.25) is 5.91 Å². The van der Waals surface area contributed by atoms with Crippen LogP contribution in [-0.4, -0.2) is 35.7 Å². The minimum atomic E-state index is -4.24. The molecule has 2 rings (SSSR count). The normalized spacial score (nSPS) is 21.0. The smallest absolute Gasteiger partial charge is 0.335 e. The number of carbonyl (C=O) groups excluding carboxylic acids is 2. The molecule has 24 heavy (non-hydrogen) atoms. The molecule has 0 spiro atoms. The topological polar surface area (TPSA) is 83.1 Å². The zero-order valence-electron chi connectivity index (χ0n) is 12.9. The third-order valence-electron chi connectivity index (χ3n) is 3.83. The molecule has 1 saturated carbocycles. The first-order valence-electron chi connectivity index (χ1n) is 7.65. The first-order valence-corrected chi connectivity index (χ1v) is 7.65. The van der Waals surface area contributed by atoms with Gasteiger partial charge in [-0.1, -0.05) is 6.42 Å². The maximum Gasteiger partial charge on any atom is 0.391 e. The minimum Gasteiger partial charge on any atom is -0.335 e. The number of nitrogens with one attached hydrogen (secondary N) is 3. The molecule has 0 aromatic carbocycles. The number of halogens is 3. The number of alkyl halides is 3. The van der Waals surface area contributed by atoms with Gasteiger partial charge in [0.25, 0.3) is 0 Å². The number of anilines is 1. The zero-order chi connectivity index (χ0) is 17.6. The highest BCUT2D eigenvalue weighted by atomic mass is 19.4. The molecule has 1 fully saturated rings. The summed E-state index contributed by atoms with van der Waals surface area (Å²) in [6.45, 7) is -0.282. The molecule has 0 aliphatic heterocycles. The second kappa shape index (κ2) is 7.98. The minimum absolute atomic E-state index is 0.0941. The molecule has 1 aliphatic carbocycles. The molecule has 132 valence electrons. The Balaban J connectivity index is 1.72. The van der Waals surface area contributed by atoms with Gasteiger partial charge in [-0.2, -0.15) is 13.2 Å². The molecule has 0 saturated heterocycles. The summed E-state index contributed by atoms with van der Waals surface area (Å²) in [7, 11) is 0. The average Bonchev–Trinajstić information content (AvgIpc) is 2.53.